The molecule has 0 N–H and O–H groups in total. The van der Waals surface area contributed by atoms with Gasteiger partial charge in [0.05, 0.1) is 0 Å². The zero-order valence-corrected chi connectivity index (χ0v) is 20.5. The van der Waals surface area contributed by atoms with Gasteiger partial charge < -0.3 is 14.4 Å². The van der Waals surface area contributed by atoms with Crippen molar-refractivity contribution >= 4 is 11.8 Å². The summed E-state index contributed by atoms with van der Waals surface area (Å²) >= 11 is 0. The Kier molecular flexibility index (Phi) is 7.86. The topological polar surface area (TPSA) is 62.6 Å². The third-order valence-electron chi connectivity index (χ3n) is 6.99. The van der Waals surface area contributed by atoms with E-state index in [0.717, 1.165) is 38.5 Å². The van der Waals surface area contributed by atoms with E-state index in [1.54, 1.807) is 22.2 Å². The van der Waals surface area contributed by atoms with Crippen LogP contribution in [0, 0.1) is 5.92 Å². The minimum absolute atomic E-state index is 0.120. The number of hydrogen-bond donors (Lipinski definition) is 0. The Balaban J connectivity index is 1.64. The summed E-state index contributed by atoms with van der Waals surface area (Å²) in [4.78, 5) is 44.1. The van der Waals surface area contributed by atoms with Crippen LogP contribution in [0.2, 0.25) is 0 Å². The van der Waals surface area contributed by atoms with E-state index < -0.39 is 5.43 Å². The molecule has 0 unspecified atom stereocenters. The lowest BCUT2D eigenvalue weighted by molar-refractivity contribution is 0.0704. The Morgan fingerprint density at radius 1 is 0.853 bits per heavy atom. The molecular formula is C28H37N3O3. The van der Waals surface area contributed by atoms with Gasteiger partial charge in [0, 0.05) is 51.0 Å². The molecule has 6 nitrogen and oxygen atoms in total. The van der Waals surface area contributed by atoms with Crippen LogP contribution in [-0.2, 0) is 6.54 Å². The van der Waals surface area contributed by atoms with E-state index in [1.807, 2.05) is 22.8 Å². The predicted molar refractivity (Wildman–Crippen MR) is 134 cm³/mol. The van der Waals surface area contributed by atoms with Gasteiger partial charge in [-0.25, -0.2) is 0 Å². The van der Waals surface area contributed by atoms with Gasteiger partial charge in [-0.1, -0.05) is 57.0 Å². The van der Waals surface area contributed by atoms with Gasteiger partial charge in [0.1, 0.15) is 11.1 Å². The summed E-state index contributed by atoms with van der Waals surface area (Å²) < 4.78 is 1.86. The van der Waals surface area contributed by atoms with Crippen LogP contribution in [0.5, 0.6) is 0 Å². The van der Waals surface area contributed by atoms with E-state index in [4.69, 9.17) is 0 Å². The second kappa shape index (κ2) is 11.0. The molecule has 0 spiro atoms. The monoisotopic (exact) mass is 463 g/mol. The first-order chi connectivity index (χ1) is 16.4. The minimum atomic E-state index is -0.430. The molecule has 0 saturated carbocycles. The number of benzene rings is 1. The van der Waals surface area contributed by atoms with Crippen LogP contribution in [-0.4, -0.2) is 52.4 Å². The van der Waals surface area contributed by atoms with E-state index in [2.05, 4.69) is 26.0 Å². The molecular weight excluding hydrogens is 426 g/mol. The number of hydrogen-bond acceptors (Lipinski definition) is 3. The normalized spacial score (nSPS) is 19.2. The summed E-state index contributed by atoms with van der Waals surface area (Å²) in [5.74, 6) is 0.0938. The Hall–Kier alpha value is -2.89. The average Bonchev–Trinajstić information content (AvgIpc) is 3.14. The van der Waals surface area contributed by atoms with Crippen molar-refractivity contribution in [3.63, 3.8) is 0 Å². The first-order valence-electron chi connectivity index (χ1n) is 12.8. The van der Waals surface area contributed by atoms with Gasteiger partial charge in [-0.05, 0) is 37.2 Å². The molecule has 1 aromatic carbocycles. The number of amides is 2. The van der Waals surface area contributed by atoms with Crippen LogP contribution < -0.4 is 5.43 Å². The quantitative estimate of drug-likeness (QED) is 0.654. The van der Waals surface area contributed by atoms with Gasteiger partial charge in [-0.2, -0.15) is 0 Å². The molecule has 0 radical (unpaired) electrons. The van der Waals surface area contributed by atoms with Gasteiger partial charge >= 0.3 is 0 Å². The van der Waals surface area contributed by atoms with Crippen LogP contribution in [0.4, 0.5) is 0 Å². The number of carbonyl (C=O) groups excluding carboxylic acids is 2. The predicted octanol–water partition coefficient (Wildman–Crippen LogP) is 4.54. The lowest BCUT2D eigenvalue weighted by atomic mass is 9.90. The zero-order valence-electron chi connectivity index (χ0n) is 20.5. The van der Waals surface area contributed by atoms with Crippen molar-refractivity contribution in [1.29, 1.82) is 0 Å². The smallest absolute Gasteiger partial charge is 0.259 e. The maximum Gasteiger partial charge on any atom is 0.259 e. The second-order valence-corrected chi connectivity index (χ2v) is 10.2. The Morgan fingerprint density at radius 2 is 1.44 bits per heavy atom. The van der Waals surface area contributed by atoms with Crippen molar-refractivity contribution < 1.29 is 9.59 Å². The Bertz CT molecular complexity index is 1050. The second-order valence-electron chi connectivity index (χ2n) is 10.2. The fourth-order valence-corrected chi connectivity index (χ4v) is 5.24. The Morgan fingerprint density at radius 3 is 2.06 bits per heavy atom. The van der Waals surface area contributed by atoms with Crippen LogP contribution in [0.3, 0.4) is 0 Å². The number of piperidine rings is 1. The van der Waals surface area contributed by atoms with Gasteiger partial charge in [-0.15, -0.1) is 0 Å². The Labute approximate surface area is 202 Å². The molecule has 34 heavy (non-hydrogen) atoms. The summed E-state index contributed by atoms with van der Waals surface area (Å²) in [6, 6.07) is 10.3. The summed E-state index contributed by atoms with van der Waals surface area (Å²) in [5, 5.41) is 0. The molecule has 2 aromatic rings. The van der Waals surface area contributed by atoms with Crippen molar-refractivity contribution in [1.82, 2.24) is 14.4 Å². The number of likely N-dealkylation sites (tertiary alicyclic amines) is 2. The van der Waals surface area contributed by atoms with Crippen molar-refractivity contribution in [2.45, 2.75) is 64.8 Å². The van der Waals surface area contributed by atoms with E-state index >= 15 is 0 Å². The summed E-state index contributed by atoms with van der Waals surface area (Å²) in [6.07, 6.45) is 9.38. The largest absolute Gasteiger partial charge is 0.352 e. The fraction of sp³-hybridized carbons (Fsp3) is 0.536. The van der Waals surface area contributed by atoms with E-state index in [-0.39, 0.29) is 28.9 Å². The summed E-state index contributed by atoms with van der Waals surface area (Å²) in [7, 11) is 0. The molecule has 182 valence electrons. The van der Waals surface area contributed by atoms with Crippen LogP contribution in [0.15, 0.2) is 47.5 Å². The highest BCUT2D eigenvalue weighted by Crippen LogP contribution is 2.27. The van der Waals surface area contributed by atoms with Gasteiger partial charge in [0.25, 0.3) is 11.8 Å². The number of nitrogens with zero attached hydrogens (tertiary/aromatic N) is 3. The molecule has 0 aliphatic carbocycles. The molecule has 2 amide bonds. The molecule has 2 aliphatic rings. The van der Waals surface area contributed by atoms with Crippen LogP contribution in [0.1, 0.15) is 84.6 Å². The zero-order chi connectivity index (χ0) is 24.1. The standard InChI is InChI=1S/C28H37N3O3/c1-21(2)17-29-19-24(27(33)30-14-8-3-4-9-15-30)26(32)25(20-29)28(34)31-16-10-13-23(18-31)22-11-6-5-7-12-22/h5-7,11-12,19-21,23H,3-4,8-10,13-18H2,1-2H3/t23-/m1/s1. The van der Waals surface area contributed by atoms with E-state index in [1.165, 1.54) is 5.56 Å². The lowest BCUT2D eigenvalue weighted by Crippen LogP contribution is -2.43. The number of aromatic nitrogens is 1. The highest BCUT2D eigenvalue weighted by atomic mass is 16.2. The minimum Gasteiger partial charge on any atom is -0.352 e. The van der Waals surface area contributed by atoms with Gasteiger partial charge in [0.15, 0.2) is 0 Å². The third-order valence-corrected chi connectivity index (χ3v) is 6.99. The van der Waals surface area contributed by atoms with Gasteiger partial charge in [0.2, 0.25) is 5.43 Å². The summed E-state index contributed by atoms with van der Waals surface area (Å²) in [5.41, 5.74) is 1.04. The maximum atomic E-state index is 13.6. The molecule has 6 heteroatoms. The third kappa shape index (κ3) is 5.60. The van der Waals surface area contributed by atoms with Crippen molar-refractivity contribution in [3.05, 3.63) is 69.6 Å². The highest BCUT2D eigenvalue weighted by molar-refractivity contribution is 5.99. The molecule has 0 bridgehead atoms. The number of rotatable bonds is 5. The first-order valence-corrected chi connectivity index (χ1v) is 12.8. The number of carbonyl (C=O) groups is 2. The molecule has 2 fully saturated rings. The molecule has 2 aliphatic heterocycles. The fourth-order valence-electron chi connectivity index (χ4n) is 5.24. The molecule has 1 atom stereocenters. The summed E-state index contributed by atoms with van der Waals surface area (Å²) in [6.45, 7) is 7.40. The van der Waals surface area contributed by atoms with E-state index in [0.29, 0.717) is 38.6 Å². The first kappa shape index (κ1) is 24.2. The molecule has 4 rings (SSSR count). The van der Waals surface area contributed by atoms with Crippen molar-refractivity contribution in [2.75, 3.05) is 26.2 Å². The molecule has 2 saturated heterocycles. The number of pyridine rings is 1. The molecule has 3 heterocycles. The highest BCUT2D eigenvalue weighted by Gasteiger charge is 2.29. The van der Waals surface area contributed by atoms with Gasteiger partial charge in [-0.3, -0.25) is 14.4 Å². The molecule has 1 aromatic heterocycles. The van der Waals surface area contributed by atoms with Crippen LogP contribution >= 0.6 is 0 Å². The van der Waals surface area contributed by atoms with Crippen molar-refractivity contribution in [3.8, 4) is 0 Å². The lowest BCUT2D eigenvalue weighted by Gasteiger charge is -2.33. The maximum absolute atomic E-state index is 13.6. The van der Waals surface area contributed by atoms with Crippen LogP contribution in [0.25, 0.3) is 0 Å². The average molecular weight is 464 g/mol. The van der Waals surface area contributed by atoms with E-state index in [9.17, 15) is 14.4 Å². The SMILES string of the molecule is CC(C)Cn1cc(C(=O)N2CCCCCC2)c(=O)c(C(=O)N2CCC[C@@H](c3ccccc3)C2)c1. The van der Waals surface area contributed by atoms with Crippen molar-refractivity contribution in [2.24, 2.45) is 5.92 Å².